The van der Waals surface area contributed by atoms with E-state index in [1.807, 2.05) is 0 Å². The maximum Gasteiger partial charge on any atom is 0.419 e. The first-order chi connectivity index (χ1) is 8.30. The normalized spacial score (nSPS) is 30.1. The number of hydrogen-bond donors (Lipinski definition) is 2. The molecule has 0 aliphatic heterocycles. The Bertz CT molecular complexity index is 366. The van der Waals surface area contributed by atoms with Crippen LogP contribution in [0.25, 0.3) is 0 Å². The lowest BCUT2D eigenvalue weighted by Gasteiger charge is -2.45. The molecular weight excluding hydrogens is 252 g/mol. The number of isocyanates is 1. The third kappa shape index (κ3) is 4.35. The predicted octanol–water partition coefficient (Wildman–Crippen LogP) is 2.48. The Morgan fingerprint density at radius 3 is 2.72 bits per heavy atom. The summed E-state index contributed by atoms with van der Waals surface area (Å²) in [5.41, 5.74) is -0.0146. The minimum Gasteiger partial charge on any atom is -0.378 e. The number of amides is 1. The Morgan fingerprint density at radius 1 is 1.50 bits per heavy atom. The number of nitrogens with zero attached hydrogens (tertiary/aromatic N) is 1. The molecule has 1 rings (SSSR count). The van der Waals surface area contributed by atoms with Crippen molar-refractivity contribution >= 4 is 25.1 Å². The molecule has 0 aromatic carbocycles. The third-order valence-electron chi connectivity index (χ3n) is 3.40. The average Bonchev–Trinajstić information content (AvgIpc) is 2.23. The first-order valence-electron chi connectivity index (χ1n) is 5.96. The van der Waals surface area contributed by atoms with Crippen LogP contribution in [-0.4, -0.2) is 24.8 Å². The quantitative estimate of drug-likeness (QED) is 0.359. The zero-order valence-corrected chi connectivity index (χ0v) is 11.9. The van der Waals surface area contributed by atoms with Crippen LogP contribution < -0.4 is 5.32 Å². The molecule has 0 spiro atoms. The van der Waals surface area contributed by atoms with Crippen LogP contribution in [-0.2, 0) is 8.98 Å². The lowest BCUT2D eigenvalue weighted by Crippen LogP contribution is -2.44. The Hall–Kier alpha value is -1.00. The molecule has 1 N–H and O–H groups in total. The molecule has 0 heterocycles. The van der Waals surface area contributed by atoms with Crippen LogP contribution in [0.1, 0.15) is 40.0 Å². The molecule has 1 saturated carbocycles. The fraction of sp³-hybridized carbons (Fsp3) is 0.833. The largest absolute Gasteiger partial charge is 0.419 e. The van der Waals surface area contributed by atoms with Gasteiger partial charge in [0.15, 0.2) is 0 Å². The molecule has 2 unspecified atom stereocenters. The van der Waals surface area contributed by atoms with Gasteiger partial charge in [-0.1, -0.05) is 20.8 Å². The molecule has 0 aromatic rings. The first-order valence-corrected chi connectivity index (χ1v) is 6.33. The molecule has 6 heteroatoms. The van der Waals surface area contributed by atoms with Gasteiger partial charge in [0.2, 0.25) is 6.08 Å². The lowest BCUT2D eigenvalue weighted by molar-refractivity contribution is 0.0833. The topological polar surface area (TPSA) is 67.8 Å². The second kappa shape index (κ2) is 5.76. The average molecular weight is 272 g/mol. The molecule has 102 valence electrons. The Balaban J connectivity index is 2.72. The van der Waals surface area contributed by atoms with E-state index in [2.05, 4.69) is 48.2 Å². The van der Waals surface area contributed by atoms with Crippen LogP contribution in [0, 0.1) is 10.8 Å². The van der Waals surface area contributed by atoms with E-state index in [0.29, 0.717) is 6.54 Å². The predicted molar refractivity (Wildman–Crippen MR) is 71.1 cm³/mol. The van der Waals surface area contributed by atoms with Crippen molar-refractivity contribution in [2.24, 2.45) is 15.8 Å². The fourth-order valence-corrected chi connectivity index (χ4v) is 3.26. The van der Waals surface area contributed by atoms with E-state index in [0.717, 1.165) is 19.3 Å². The van der Waals surface area contributed by atoms with Gasteiger partial charge in [0.1, 0.15) is 0 Å². The van der Waals surface area contributed by atoms with E-state index in [4.69, 9.17) is 0 Å². The fourth-order valence-electron chi connectivity index (χ4n) is 3.20. The Kier molecular flexibility index (Phi) is 4.82. The van der Waals surface area contributed by atoms with Gasteiger partial charge in [0.25, 0.3) is 0 Å². The maximum atomic E-state index is 11.1. The number of thiol groups is 1. The summed E-state index contributed by atoms with van der Waals surface area (Å²) in [5.74, 6) is 0. The van der Waals surface area contributed by atoms with Crippen molar-refractivity contribution in [3.8, 4) is 0 Å². The van der Waals surface area contributed by atoms with E-state index in [1.54, 1.807) is 6.08 Å². The van der Waals surface area contributed by atoms with Crippen molar-refractivity contribution in [1.82, 2.24) is 5.32 Å². The second-order valence-corrected chi connectivity index (χ2v) is 6.35. The molecule has 0 aromatic heterocycles. The molecule has 1 aliphatic carbocycles. The number of carbonyl (C=O) groups is 1. The molecule has 5 nitrogen and oxygen atoms in total. The van der Waals surface area contributed by atoms with Gasteiger partial charge in [-0.15, -0.1) is 0 Å². The molecule has 1 aliphatic rings. The van der Waals surface area contributed by atoms with Crippen LogP contribution in [0.3, 0.4) is 0 Å². The molecule has 2 atom stereocenters. The Morgan fingerprint density at radius 2 is 2.17 bits per heavy atom. The summed E-state index contributed by atoms with van der Waals surface area (Å²) in [7, 11) is 0. The van der Waals surface area contributed by atoms with Crippen molar-refractivity contribution in [1.29, 1.82) is 0 Å². The minimum atomic E-state index is -0.557. The van der Waals surface area contributed by atoms with Crippen LogP contribution in [0.2, 0.25) is 0 Å². The minimum absolute atomic E-state index is 0.0231. The standard InChI is InChI=1S/C12H20N2O3S/c1-11(2)4-9(14-8-15)5-12(3,6-11)7-13-10(16)17-18/h9,18H,4-7H2,1-3H3,(H,13,16). The number of aliphatic imine (C=N–C) groups is 1. The van der Waals surface area contributed by atoms with Crippen LogP contribution in [0.5, 0.6) is 0 Å². The van der Waals surface area contributed by atoms with E-state index in [1.165, 1.54) is 0 Å². The summed E-state index contributed by atoms with van der Waals surface area (Å²) >= 11 is 3.44. The van der Waals surface area contributed by atoms with Crippen molar-refractivity contribution in [3.05, 3.63) is 0 Å². The molecule has 1 amide bonds. The van der Waals surface area contributed by atoms with Gasteiger partial charge in [0, 0.05) is 19.5 Å². The zero-order chi connectivity index (χ0) is 13.8. The van der Waals surface area contributed by atoms with Crippen molar-refractivity contribution < 1.29 is 13.8 Å². The molecule has 0 bridgehead atoms. The highest BCUT2D eigenvalue weighted by Crippen LogP contribution is 2.46. The maximum absolute atomic E-state index is 11.1. The van der Waals surface area contributed by atoms with Gasteiger partial charge < -0.3 is 9.50 Å². The highest BCUT2D eigenvalue weighted by Gasteiger charge is 2.41. The monoisotopic (exact) mass is 272 g/mol. The molecule has 1 fully saturated rings. The molecule has 0 radical (unpaired) electrons. The van der Waals surface area contributed by atoms with Gasteiger partial charge in [0.05, 0.1) is 6.04 Å². The van der Waals surface area contributed by atoms with Gasteiger partial charge >= 0.3 is 6.09 Å². The SMILES string of the molecule is CC1(C)CC(N=C=O)CC(C)(CNC(=O)OS)C1. The number of hydrogen-bond acceptors (Lipinski definition) is 5. The zero-order valence-electron chi connectivity index (χ0n) is 11.0. The van der Waals surface area contributed by atoms with Gasteiger partial charge in [-0.2, -0.15) is 0 Å². The number of rotatable bonds is 3. The molecule has 18 heavy (non-hydrogen) atoms. The third-order valence-corrected chi connectivity index (χ3v) is 3.57. The molecular formula is C12H20N2O3S. The highest BCUT2D eigenvalue weighted by atomic mass is 32.1. The summed E-state index contributed by atoms with van der Waals surface area (Å²) in [4.78, 5) is 25.3. The van der Waals surface area contributed by atoms with E-state index in [-0.39, 0.29) is 16.9 Å². The smallest absolute Gasteiger partial charge is 0.378 e. The van der Waals surface area contributed by atoms with E-state index < -0.39 is 6.09 Å². The van der Waals surface area contributed by atoms with Crippen LogP contribution in [0.15, 0.2) is 4.99 Å². The second-order valence-electron chi connectivity index (χ2n) is 6.17. The molecule has 0 saturated heterocycles. The van der Waals surface area contributed by atoms with Crippen molar-refractivity contribution in [2.45, 2.75) is 46.1 Å². The van der Waals surface area contributed by atoms with Crippen LogP contribution >= 0.6 is 12.9 Å². The van der Waals surface area contributed by atoms with E-state index in [9.17, 15) is 9.59 Å². The van der Waals surface area contributed by atoms with E-state index >= 15 is 0 Å². The number of nitrogens with one attached hydrogen (secondary N) is 1. The summed E-state index contributed by atoms with van der Waals surface area (Å²) in [6, 6.07) is -0.0231. The first kappa shape index (κ1) is 15.1. The Labute approximate surface area is 113 Å². The van der Waals surface area contributed by atoms with Crippen LogP contribution in [0.4, 0.5) is 4.79 Å². The van der Waals surface area contributed by atoms with Crippen molar-refractivity contribution in [3.63, 3.8) is 0 Å². The van der Waals surface area contributed by atoms with Gasteiger partial charge in [-0.25, -0.2) is 14.6 Å². The van der Waals surface area contributed by atoms with Gasteiger partial charge in [-0.05, 0) is 30.1 Å². The highest BCUT2D eigenvalue weighted by molar-refractivity contribution is 7.75. The summed E-state index contributed by atoms with van der Waals surface area (Å²) in [6.45, 7) is 6.87. The van der Waals surface area contributed by atoms with Crippen molar-refractivity contribution in [2.75, 3.05) is 6.54 Å². The lowest BCUT2D eigenvalue weighted by atomic mass is 9.63. The summed E-state index contributed by atoms with van der Waals surface area (Å²) in [5, 5.41) is 2.67. The van der Waals surface area contributed by atoms with Gasteiger partial charge in [-0.3, -0.25) is 0 Å². The number of carbonyl (C=O) groups excluding carboxylic acids is 2. The summed E-state index contributed by atoms with van der Waals surface area (Å²) < 4.78 is 4.27. The summed E-state index contributed by atoms with van der Waals surface area (Å²) in [6.07, 6.45) is 3.67.